The standard InChI is InChI=1S/C26H33Cl2NO4/c1-5-23(31)33-22-11-10-21(24(27)25(22)28)32-16(2)20(30)15-29-26(3,4)14-17-12-18-8-6-7-9-19(18)13-17/h6-11,16-17,20,29-30H,5,12-15H2,1-4H3/t16-,20-/m0/s1. The van der Waals surface area contributed by atoms with Crippen molar-refractivity contribution in [2.24, 2.45) is 5.92 Å². The van der Waals surface area contributed by atoms with Crippen LogP contribution in [-0.2, 0) is 17.6 Å². The van der Waals surface area contributed by atoms with Crippen molar-refractivity contribution in [1.82, 2.24) is 5.32 Å². The second-order valence-corrected chi connectivity index (χ2v) is 10.2. The molecule has 0 saturated carbocycles. The van der Waals surface area contributed by atoms with Crippen molar-refractivity contribution < 1.29 is 19.4 Å². The highest BCUT2D eigenvalue weighted by Gasteiger charge is 2.29. The minimum absolute atomic E-state index is 0.106. The molecule has 0 bridgehead atoms. The molecule has 0 saturated heterocycles. The number of nitrogens with one attached hydrogen (secondary N) is 1. The fourth-order valence-corrected chi connectivity index (χ4v) is 4.69. The van der Waals surface area contributed by atoms with Gasteiger partial charge in [-0.3, -0.25) is 4.79 Å². The normalized spacial score (nSPS) is 15.7. The molecule has 2 aromatic carbocycles. The average molecular weight is 494 g/mol. The van der Waals surface area contributed by atoms with Crippen molar-refractivity contribution in [3.8, 4) is 11.5 Å². The number of benzene rings is 2. The summed E-state index contributed by atoms with van der Waals surface area (Å²) >= 11 is 12.5. The molecule has 2 N–H and O–H groups in total. The Balaban J connectivity index is 1.51. The molecule has 0 amide bonds. The second kappa shape index (κ2) is 11.1. The maximum Gasteiger partial charge on any atom is 0.310 e. The molecular formula is C26H33Cl2NO4. The van der Waals surface area contributed by atoms with Gasteiger partial charge in [-0.05, 0) is 69.2 Å². The van der Waals surface area contributed by atoms with E-state index in [9.17, 15) is 9.90 Å². The topological polar surface area (TPSA) is 67.8 Å². The largest absolute Gasteiger partial charge is 0.486 e. The number of aliphatic hydroxyl groups is 1. The smallest absolute Gasteiger partial charge is 0.310 e. The van der Waals surface area contributed by atoms with Gasteiger partial charge in [0.1, 0.15) is 28.0 Å². The van der Waals surface area contributed by atoms with Gasteiger partial charge in [0.05, 0.1) is 0 Å². The molecule has 0 unspecified atom stereocenters. The van der Waals surface area contributed by atoms with Gasteiger partial charge >= 0.3 is 5.97 Å². The summed E-state index contributed by atoms with van der Waals surface area (Å²) in [5.41, 5.74) is 2.77. The van der Waals surface area contributed by atoms with E-state index >= 15 is 0 Å². The number of β-amino-alcohol motifs (C(OH)–C–C–N with tert-alkyl or cyclic N) is 1. The molecule has 7 heteroatoms. The third-order valence-corrected chi connectivity index (χ3v) is 6.95. The number of rotatable bonds is 10. The highest BCUT2D eigenvalue weighted by molar-refractivity contribution is 6.43. The first kappa shape index (κ1) is 25.8. The zero-order chi connectivity index (χ0) is 24.2. The maximum absolute atomic E-state index is 11.5. The van der Waals surface area contributed by atoms with Gasteiger partial charge < -0.3 is 19.9 Å². The Labute approximate surface area is 206 Å². The van der Waals surface area contributed by atoms with Crippen LogP contribution in [0.15, 0.2) is 36.4 Å². The number of esters is 1. The Hall–Kier alpha value is -1.79. The molecule has 1 aliphatic rings. The summed E-state index contributed by atoms with van der Waals surface area (Å²) < 4.78 is 11.0. The summed E-state index contributed by atoms with van der Waals surface area (Å²) in [5.74, 6) is 0.705. The van der Waals surface area contributed by atoms with Crippen LogP contribution in [0.2, 0.25) is 10.0 Å². The average Bonchev–Trinajstić information content (AvgIpc) is 3.18. The monoisotopic (exact) mass is 493 g/mol. The fraction of sp³-hybridized carbons (Fsp3) is 0.500. The first-order chi connectivity index (χ1) is 15.6. The van der Waals surface area contributed by atoms with Crippen molar-refractivity contribution in [3.63, 3.8) is 0 Å². The first-order valence-electron chi connectivity index (χ1n) is 11.4. The summed E-state index contributed by atoms with van der Waals surface area (Å²) in [4.78, 5) is 11.5. The molecule has 0 radical (unpaired) electrons. The summed E-state index contributed by atoms with van der Waals surface area (Å²) in [6, 6.07) is 11.8. The minimum Gasteiger partial charge on any atom is -0.486 e. The van der Waals surface area contributed by atoms with Crippen LogP contribution in [0.25, 0.3) is 0 Å². The summed E-state index contributed by atoms with van der Waals surface area (Å²) in [7, 11) is 0. The molecule has 3 rings (SSSR count). The molecule has 0 aromatic heterocycles. The van der Waals surface area contributed by atoms with Gasteiger partial charge in [-0.2, -0.15) is 0 Å². The number of hydrogen-bond donors (Lipinski definition) is 2. The van der Waals surface area contributed by atoms with Crippen LogP contribution in [0.4, 0.5) is 0 Å². The Morgan fingerprint density at radius 3 is 2.30 bits per heavy atom. The third-order valence-electron chi connectivity index (χ3n) is 6.10. The zero-order valence-corrected chi connectivity index (χ0v) is 21.2. The third kappa shape index (κ3) is 6.86. The van der Waals surface area contributed by atoms with E-state index in [1.807, 2.05) is 0 Å². The van der Waals surface area contributed by atoms with Gasteiger partial charge in [0, 0.05) is 18.5 Å². The SMILES string of the molecule is CCC(=O)Oc1ccc(O[C@@H](C)[C@@H](O)CNC(C)(C)CC2Cc3ccccc3C2)c(Cl)c1Cl. The molecule has 0 spiro atoms. The number of carbonyl (C=O) groups excluding carboxylic acids is 1. The predicted octanol–water partition coefficient (Wildman–Crippen LogP) is 5.61. The van der Waals surface area contributed by atoms with E-state index in [4.69, 9.17) is 32.7 Å². The molecule has 180 valence electrons. The van der Waals surface area contributed by atoms with Crippen LogP contribution in [0.1, 0.15) is 51.7 Å². The molecule has 2 atom stereocenters. The number of fused-ring (bicyclic) bond motifs is 1. The Morgan fingerprint density at radius 2 is 1.70 bits per heavy atom. The molecule has 5 nitrogen and oxygen atoms in total. The van der Waals surface area contributed by atoms with Crippen molar-refractivity contribution >= 4 is 29.2 Å². The van der Waals surface area contributed by atoms with Gasteiger partial charge in [-0.1, -0.05) is 54.4 Å². The van der Waals surface area contributed by atoms with Gasteiger partial charge in [0.2, 0.25) is 0 Å². The summed E-state index contributed by atoms with van der Waals surface area (Å²) in [6.07, 6.45) is 2.17. The minimum atomic E-state index is -0.752. The highest BCUT2D eigenvalue weighted by atomic mass is 35.5. The number of ether oxygens (including phenoxy) is 2. The van der Waals surface area contributed by atoms with E-state index in [1.165, 1.54) is 17.2 Å². The van der Waals surface area contributed by atoms with Gasteiger partial charge in [0.15, 0.2) is 5.75 Å². The lowest BCUT2D eigenvalue weighted by molar-refractivity contribution is -0.134. The van der Waals surface area contributed by atoms with Crippen LogP contribution in [0.3, 0.4) is 0 Å². The fourth-order valence-electron chi connectivity index (χ4n) is 4.29. The molecular weight excluding hydrogens is 461 g/mol. The van der Waals surface area contributed by atoms with Crippen molar-refractivity contribution in [2.75, 3.05) is 6.54 Å². The summed E-state index contributed by atoms with van der Waals surface area (Å²) in [6.45, 7) is 8.19. The number of hydrogen-bond acceptors (Lipinski definition) is 5. The summed E-state index contributed by atoms with van der Waals surface area (Å²) in [5, 5.41) is 14.4. The van der Waals surface area contributed by atoms with Crippen molar-refractivity contribution in [2.45, 2.75) is 71.1 Å². The molecule has 1 aliphatic carbocycles. The quantitative estimate of drug-likeness (QED) is 0.332. The Kier molecular flexibility index (Phi) is 8.68. The number of aliphatic hydroxyl groups excluding tert-OH is 1. The number of carbonyl (C=O) groups is 1. The number of halogens is 2. The van der Waals surface area contributed by atoms with E-state index < -0.39 is 18.2 Å². The van der Waals surface area contributed by atoms with E-state index in [-0.39, 0.29) is 27.8 Å². The maximum atomic E-state index is 11.5. The molecule has 0 fully saturated rings. The lowest BCUT2D eigenvalue weighted by atomic mass is 9.88. The molecule has 0 aliphatic heterocycles. The van der Waals surface area contributed by atoms with E-state index in [1.54, 1.807) is 19.9 Å². The van der Waals surface area contributed by atoms with E-state index in [2.05, 4.69) is 43.4 Å². The second-order valence-electron chi connectivity index (χ2n) is 9.42. The van der Waals surface area contributed by atoms with Crippen molar-refractivity contribution in [1.29, 1.82) is 0 Å². The van der Waals surface area contributed by atoms with Crippen LogP contribution in [-0.4, -0.2) is 35.4 Å². The highest BCUT2D eigenvalue weighted by Crippen LogP contribution is 2.39. The van der Waals surface area contributed by atoms with E-state index in [0.717, 1.165) is 19.3 Å². The zero-order valence-electron chi connectivity index (χ0n) is 19.7. The predicted molar refractivity (Wildman–Crippen MR) is 133 cm³/mol. The van der Waals surface area contributed by atoms with Crippen LogP contribution < -0.4 is 14.8 Å². The van der Waals surface area contributed by atoms with Crippen LogP contribution >= 0.6 is 23.2 Å². The molecule has 0 heterocycles. The molecule has 33 heavy (non-hydrogen) atoms. The van der Waals surface area contributed by atoms with E-state index in [0.29, 0.717) is 18.2 Å². The Bertz CT molecular complexity index is 954. The van der Waals surface area contributed by atoms with Gasteiger partial charge in [-0.15, -0.1) is 0 Å². The van der Waals surface area contributed by atoms with Crippen LogP contribution in [0, 0.1) is 5.92 Å². The van der Waals surface area contributed by atoms with Gasteiger partial charge in [0.25, 0.3) is 0 Å². The van der Waals surface area contributed by atoms with Crippen LogP contribution in [0.5, 0.6) is 11.5 Å². The first-order valence-corrected chi connectivity index (χ1v) is 12.2. The molecule has 2 aromatic rings. The lowest BCUT2D eigenvalue weighted by Gasteiger charge is -2.32. The van der Waals surface area contributed by atoms with Gasteiger partial charge in [-0.25, -0.2) is 0 Å². The van der Waals surface area contributed by atoms with Crippen molar-refractivity contribution in [3.05, 3.63) is 57.6 Å². The lowest BCUT2D eigenvalue weighted by Crippen LogP contribution is -2.48. The Morgan fingerprint density at radius 1 is 1.12 bits per heavy atom.